The Bertz CT molecular complexity index is 1090. The Morgan fingerprint density at radius 2 is 1.91 bits per heavy atom. The minimum atomic E-state index is -3.58. The summed E-state index contributed by atoms with van der Waals surface area (Å²) in [4.78, 5) is 14.8. The van der Waals surface area contributed by atoms with Crippen LogP contribution < -0.4 is 19.1 Å². The van der Waals surface area contributed by atoms with Gasteiger partial charge in [-0.3, -0.25) is 9.52 Å². The number of carbonyl (C=O) groups is 1. The number of carbonyl (C=O) groups excluding carboxylic acids is 1. The first-order valence-electron chi connectivity index (χ1n) is 9.73. The Morgan fingerprint density at radius 3 is 2.59 bits per heavy atom. The van der Waals surface area contributed by atoms with Crippen molar-refractivity contribution in [2.75, 3.05) is 56.6 Å². The molecule has 0 unspecified atom stereocenters. The molecule has 1 aliphatic rings. The van der Waals surface area contributed by atoms with Gasteiger partial charge in [0.05, 0.1) is 36.7 Å². The molecule has 1 aliphatic heterocycles. The molecular weight excluding hydrogens is 504 g/mol. The lowest BCUT2D eigenvalue weighted by Gasteiger charge is -2.29. The summed E-state index contributed by atoms with van der Waals surface area (Å²) in [7, 11) is -0.476. The molecular formula is C21H25BrN2O7S. The predicted octanol–water partition coefficient (Wildman–Crippen LogP) is 3.03. The molecule has 9 nitrogen and oxygen atoms in total. The molecule has 1 amide bonds. The number of sulfonamides is 1. The molecule has 0 saturated heterocycles. The lowest BCUT2D eigenvalue weighted by atomic mass is 9.98. The molecule has 0 fully saturated rings. The average molecular weight is 529 g/mol. The number of nitrogens with one attached hydrogen (secondary N) is 1. The zero-order valence-electron chi connectivity index (χ0n) is 18.0. The van der Waals surface area contributed by atoms with E-state index in [0.717, 1.165) is 16.3 Å². The second-order valence-corrected chi connectivity index (χ2v) is 9.67. The van der Waals surface area contributed by atoms with Gasteiger partial charge in [0.25, 0.3) is 5.91 Å². The van der Waals surface area contributed by atoms with E-state index in [-0.39, 0.29) is 24.1 Å². The first kappa shape index (κ1) is 24.3. The van der Waals surface area contributed by atoms with E-state index in [2.05, 4.69) is 20.7 Å². The summed E-state index contributed by atoms with van der Waals surface area (Å²) in [5.74, 6) is 0.654. The number of amides is 1. The third-order valence-corrected chi connectivity index (χ3v) is 5.97. The van der Waals surface area contributed by atoms with Crippen LogP contribution in [0.3, 0.4) is 0 Å². The molecule has 3 rings (SSSR count). The van der Waals surface area contributed by atoms with Gasteiger partial charge in [-0.2, -0.15) is 0 Å². The third-order valence-electron chi connectivity index (χ3n) is 4.76. The predicted molar refractivity (Wildman–Crippen MR) is 124 cm³/mol. The van der Waals surface area contributed by atoms with Crippen LogP contribution in [0.15, 0.2) is 34.8 Å². The van der Waals surface area contributed by atoms with Gasteiger partial charge in [0.15, 0.2) is 6.79 Å². The number of anilines is 2. The zero-order chi connectivity index (χ0) is 23.3. The number of rotatable bonds is 10. The Kier molecular flexibility index (Phi) is 7.99. The van der Waals surface area contributed by atoms with E-state index >= 15 is 0 Å². The van der Waals surface area contributed by atoms with Crippen LogP contribution in [0.2, 0.25) is 0 Å². The van der Waals surface area contributed by atoms with Gasteiger partial charge in [0.1, 0.15) is 11.5 Å². The fourth-order valence-corrected chi connectivity index (χ4v) is 4.39. The van der Waals surface area contributed by atoms with Crippen LogP contribution in [0, 0.1) is 0 Å². The molecule has 32 heavy (non-hydrogen) atoms. The number of methoxy groups -OCH3 is 2. The highest BCUT2D eigenvalue weighted by Gasteiger charge is 2.27. The molecule has 0 aromatic heterocycles. The maximum Gasteiger partial charge on any atom is 0.258 e. The van der Waals surface area contributed by atoms with Crippen molar-refractivity contribution in [2.24, 2.45) is 0 Å². The summed E-state index contributed by atoms with van der Waals surface area (Å²) in [6.07, 6.45) is 1.69. The molecule has 2 aromatic rings. The van der Waals surface area contributed by atoms with Gasteiger partial charge >= 0.3 is 0 Å². The third kappa shape index (κ3) is 5.91. The first-order chi connectivity index (χ1) is 15.2. The fourth-order valence-electron chi connectivity index (χ4n) is 3.28. The molecule has 0 spiro atoms. The van der Waals surface area contributed by atoms with Crippen LogP contribution in [-0.2, 0) is 25.9 Å². The summed E-state index contributed by atoms with van der Waals surface area (Å²) in [6, 6.07) is 8.48. The van der Waals surface area contributed by atoms with E-state index in [0.29, 0.717) is 43.2 Å². The van der Waals surface area contributed by atoms with Crippen LogP contribution in [0.4, 0.5) is 11.4 Å². The average Bonchev–Trinajstić information content (AvgIpc) is 2.73. The molecule has 0 radical (unpaired) electrons. The summed E-state index contributed by atoms with van der Waals surface area (Å²) in [6.45, 7) is 1.12. The fraction of sp³-hybridized carbons (Fsp3) is 0.381. The second-order valence-electron chi connectivity index (χ2n) is 7.07. The quantitative estimate of drug-likeness (QED) is 0.373. The van der Waals surface area contributed by atoms with Crippen LogP contribution in [0.25, 0.3) is 0 Å². The van der Waals surface area contributed by atoms with Crippen molar-refractivity contribution in [3.63, 3.8) is 0 Å². The van der Waals surface area contributed by atoms with Gasteiger partial charge in [-0.1, -0.05) is 0 Å². The highest BCUT2D eigenvalue weighted by molar-refractivity contribution is 9.10. The Morgan fingerprint density at radius 1 is 1.12 bits per heavy atom. The van der Waals surface area contributed by atoms with Crippen LogP contribution in [0.5, 0.6) is 11.5 Å². The van der Waals surface area contributed by atoms with Crippen molar-refractivity contribution in [3.05, 3.63) is 45.9 Å². The van der Waals surface area contributed by atoms with Crippen molar-refractivity contribution < 1.29 is 32.2 Å². The topological polar surface area (TPSA) is 103 Å². The Hall–Kier alpha value is -2.34. The molecule has 0 bridgehead atoms. The lowest BCUT2D eigenvalue weighted by Crippen LogP contribution is -2.37. The summed E-state index contributed by atoms with van der Waals surface area (Å²) in [5, 5.41) is 0. The monoisotopic (exact) mass is 528 g/mol. The molecule has 2 aromatic carbocycles. The van der Waals surface area contributed by atoms with Crippen molar-refractivity contribution in [1.82, 2.24) is 0 Å². The normalized spacial score (nSPS) is 13.6. The minimum absolute atomic E-state index is 0.0775. The van der Waals surface area contributed by atoms with Gasteiger partial charge in [-0.05, 0) is 58.2 Å². The summed E-state index contributed by atoms with van der Waals surface area (Å²) < 4.78 is 48.1. The smallest absolute Gasteiger partial charge is 0.258 e. The molecule has 0 aliphatic carbocycles. The van der Waals surface area contributed by atoms with Gasteiger partial charge in [0.2, 0.25) is 10.0 Å². The largest absolute Gasteiger partial charge is 0.496 e. The lowest BCUT2D eigenvalue weighted by molar-refractivity contribution is -0.00813. The highest BCUT2D eigenvalue weighted by Crippen LogP contribution is 2.35. The van der Waals surface area contributed by atoms with Crippen LogP contribution in [0.1, 0.15) is 15.9 Å². The van der Waals surface area contributed by atoms with Gasteiger partial charge in [-0.25, -0.2) is 8.42 Å². The second kappa shape index (κ2) is 10.5. The maximum absolute atomic E-state index is 13.2. The summed E-state index contributed by atoms with van der Waals surface area (Å²) >= 11 is 3.45. The zero-order valence-corrected chi connectivity index (χ0v) is 20.4. The standard InChI is InChI=1S/C21H25BrN2O7S/c1-28-8-9-30-13-31-19-5-4-15(11-18(19)23-32(3,26)27)24-7-6-14-10-17(22)20(29-2)12-16(14)21(24)25/h4-5,10-12,23H,6-9,13H2,1-3H3. The SMILES string of the molecule is COCCOCOc1ccc(N2CCc3cc(Br)c(OC)cc3C2=O)cc1NS(C)(=O)=O. The first-order valence-corrected chi connectivity index (χ1v) is 12.4. The minimum Gasteiger partial charge on any atom is -0.496 e. The van der Waals surface area contributed by atoms with E-state index in [1.54, 1.807) is 43.4 Å². The summed E-state index contributed by atoms with van der Waals surface area (Å²) in [5.41, 5.74) is 2.22. The number of halogens is 1. The maximum atomic E-state index is 13.2. The number of fused-ring (bicyclic) bond motifs is 1. The van der Waals surface area contributed by atoms with E-state index in [9.17, 15) is 13.2 Å². The van der Waals surface area contributed by atoms with E-state index in [1.165, 1.54) is 0 Å². The Labute approximate surface area is 195 Å². The van der Waals surface area contributed by atoms with Crippen LogP contribution >= 0.6 is 15.9 Å². The van der Waals surface area contributed by atoms with E-state index in [1.807, 2.05) is 6.07 Å². The molecule has 11 heteroatoms. The van der Waals surface area contributed by atoms with Crippen molar-refractivity contribution >= 4 is 43.2 Å². The van der Waals surface area contributed by atoms with E-state index in [4.69, 9.17) is 18.9 Å². The van der Waals surface area contributed by atoms with Crippen molar-refractivity contribution in [2.45, 2.75) is 6.42 Å². The van der Waals surface area contributed by atoms with Crippen molar-refractivity contribution in [3.8, 4) is 11.5 Å². The van der Waals surface area contributed by atoms with Gasteiger partial charge < -0.3 is 23.8 Å². The number of benzene rings is 2. The van der Waals surface area contributed by atoms with Gasteiger partial charge in [0, 0.05) is 24.9 Å². The molecule has 0 atom stereocenters. The Balaban J connectivity index is 1.87. The molecule has 1 N–H and O–H groups in total. The number of nitrogens with zero attached hydrogens (tertiary/aromatic N) is 1. The number of hydrogen-bond donors (Lipinski definition) is 1. The number of ether oxygens (including phenoxy) is 4. The van der Waals surface area contributed by atoms with Gasteiger partial charge in [-0.15, -0.1) is 0 Å². The molecule has 0 saturated carbocycles. The highest BCUT2D eigenvalue weighted by atomic mass is 79.9. The van der Waals surface area contributed by atoms with E-state index < -0.39 is 10.0 Å². The number of hydrogen-bond acceptors (Lipinski definition) is 7. The molecule has 174 valence electrons. The van der Waals surface area contributed by atoms with Crippen molar-refractivity contribution in [1.29, 1.82) is 0 Å². The van der Waals surface area contributed by atoms with Crippen LogP contribution in [-0.4, -0.2) is 61.4 Å². The molecule has 1 heterocycles.